The van der Waals surface area contributed by atoms with E-state index < -0.39 is 0 Å². The minimum atomic E-state index is 0. The molecule has 1 atom stereocenters. The van der Waals surface area contributed by atoms with Gasteiger partial charge in [-0.05, 0) is 32.5 Å². The Bertz CT molecular complexity index is 500. The van der Waals surface area contributed by atoms with Crippen molar-refractivity contribution < 1.29 is 4.52 Å². The smallest absolute Gasteiger partial charge is 0.259 e. The van der Waals surface area contributed by atoms with Crippen LogP contribution in [0.15, 0.2) is 23.0 Å². The predicted molar refractivity (Wildman–Crippen MR) is 71.7 cm³/mol. The van der Waals surface area contributed by atoms with Crippen LogP contribution in [0.2, 0.25) is 0 Å². The molecule has 6 heteroatoms. The van der Waals surface area contributed by atoms with Gasteiger partial charge < -0.3 is 9.84 Å². The van der Waals surface area contributed by atoms with Crippen molar-refractivity contribution in [1.29, 1.82) is 0 Å². The third-order valence-electron chi connectivity index (χ3n) is 2.57. The second-order valence-electron chi connectivity index (χ2n) is 4.16. The van der Waals surface area contributed by atoms with Gasteiger partial charge in [0.1, 0.15) is 0 Å². The minimum absolute atomic E-state index is 0. The van der Waals surface area contributed by atoms with Crippen molar-refractivity contribution in [2.45, 2.75) is 26.3 Å². The summed E-state index contributed by atoms with van der Waals surface area (Å²) < 4.78 is 5.22. The highest BCUT2D eigenvalue weighted by Gasteiger charge is 2.11. The number of nitrogens with one attached hydrogen (secondary N) is 1. The SMILES string of the molecule is CNC(C)Cc1noc(-c2cncc(C)c2)n1.Cl. The van der Waals surface area contributed by atoms with Crippen LogP contribution in [-0.4, -0.2) is 28.2 Å². The molecule has 5 nitrogen and oxygen atoms in total. The average molecular weight is 269 g/mol. The van der Waals surface area contributed by atoms with Crippen molar-refractivity contribution in [3.8, 4) is 11.5 Å². The van der Waals surface area contributed by atoms with Crippen LogP contribution < -0.4 is 5.32 Å². The monoisotopic (exact) mass is 268 g/mol. The van der Waals surface area contributed by atoms with Crippen LogP contribution in [-0.2, 0) is 6.42 Å². The lowest BCUT2D eigenvalue weighted by molar-refractivity contribution is 0.418. The number of pyridine rings is 1. The molecular formula is C12H17ClN4O. The molecule has 98 valence electrons. The van der Waals surface area contributed by atoms with Crippen molar-refractivity contribution >= 4 is 12.4 Å². The van der Waals surface area contributed by atoms with Crippen LogP contribution in [0.25, 0.3) is 11.5 Å². The molecule has 0 aliphatic heterocycles. The quantitative estimate of drug-likeness (QED) is 0.919. The van der Waals surface area contributed by atoms with Crippen molar-refractivity contribution in [3.05, 3.63) is 29.8 Å². The molecule has 2 aromatic heterocycles. The van der Waals surface area contributed by atoms with Crippen LogP contribution in [0.5, 0.6) is 0 Å². The second-order valence-corrected chi connectivity index (χ2v) is 4.16. The van der Waals surface area contributed by atoms with Crippen molar-refractivity contribution in [2.24, 2.45) is 0 Å². The maximum absolute atomic E-state index is 5.22. The minimum Gasteiger partial charge on any atom is -0.334 e. The molecular weight excluding hydrogens is 252 g/mol. The predicted octanol–water partition coefficient (Wildman–Crippen LogP) is 2.01. The average Bonchev–Trinajstić information content (AvgIpc) is 2.77. The van der Waals surface area contributed by atoms with Crippen LogP contribution in [0.4, 0.5) is 0 Å². The topological polar surface area (TPSA) is 63.8 Å². The van der Waals surface area contributed by atoms with E-state index in [4.69, 9.17) is 4.52 Å². The highest BCUT2D eigenvalue weighted by molar-refractivity contribution is 5.85. The fourth-order valence-corrected chi connectivity index (χ4v) is 1.50. The first-order valence-corrected chi connectivity index (χ1v) is 5.61. The number of likely N-dealkylation sites (N-methyl/N-ethyl adjacent to an activating group) is 1. The van der Waals surface area contributed by atoms with Crippen molar-refractivity contribution in [3.63, 3.8) is 0 Å². The summed E-state index contributed by atoms with van der Waals surface area (Å²) in [7, 11) is 1.91. The van der Waals surface area contributed by atoms with Gasteiger partial charge >= 0.3 is 0 Å². The Labute approximate surface area is 112 Å². The van der Waals surface area contributed by atoms with Gasteiger partial charge in [-0.3, -0.25) is 4.98 Å². The van der Waals surface area contributed by atoms with E-state index in [1.807, 2.05) is 20.0 Å². The first-order chi connectivity index (χ1) is 8.19. The van der Waals surface area contributed by atoms with Gasteiger partial charge in [0.05, 0.1) is 5.56 Å². The highest BCUT2D eigenvalue weighted by atomic mass is 35.5. The summed E-state index contributed by atoms with van der Waals surface area (Å²) in [5, 5.41) is 7.09. The largest absolute Gasteiger partial charge is 0.334 e. The molecule has 0 amide bonds. The normalized spacial score (nSPS) is 11.9. The zero-order valence-corrected chi connectivity index (χ0v) is 11.5. The van der Waals surface area contributed by atoms with E-state index >= 15 is 0 Å². The van der Waals surface area contributed by atoms with Crippen LogP contribution in [0.1, 0.15) is 18.3 Å². The van der Waals surface area contributed by atoms with Gasteiger partial charge in [0.15, 0.2) is 5.82 Å². The van der Waals surface area contributed by atoms with Crippen molar-refractivity contribution in [1.82, 2.24) is 20.4 Å². The number of halogens is 1. The molecule has 2 aromatic rings. The Kier molecular flexibility index (Phi) is 5.25. The van der Waals surface area contributed by atoms with Gasteiger partial charge in [-0.1, -0.05) is 5.16 Å². The number of rotatable bonds is 4. The molecule has 0 radical (unpaired) electrons. The summed E-state index contributed by atoms with van der Waals surface area (Å²) in [6.07, 6.45) is 4.27. The Hall–Kier alpha value is -1.46. The van der Waals surface area contributed by atoms with Gasteiger partial charge in [-0.2, -0.15) is 4.98 Å². The lowest BCUT2D eigenvalue weighted by Crippen LogP contribution is -2.24. The van der Waals surface area contributed by atoms with Crippen LogP contribution in [0.3, 0.4) is 0 Å². The fourth-order valence-electron chi connectivity index (χ4n) is 1.50. The number of hydrogen-bond donors (Lipinski definition) is 1. The van der Waals surface area contributed by atoms with Gasteiger partial charge in [0.2, 0.25) is 0 Å². The van der Waals surface area contributed by atoms with E-state index in [2.05, 4.69) is 27.4 Å². The molecule has 0 bridgehead atoms. The molecule has 0 fully saturated rings. The molecule has 2 heterocycles. The zero-order chi connectivity index (χ0) is 12.3. The first-order valence-electron chi connectivity index (χ1n) is 5.61. The first kappa shape index (κ1) is 14.6. The molecule has 2 rings (SSSR count). The van der Waals surface area contributed by atoms with Crippen LogP contribution in [0, 0.1) is 6.92 Å². The van der Waals surface area contributed by atoms with Gasteiger partial charge in [0.25, 0.3) is 5.89 Å². The molecule has 0 aliphatic rings. The maximum Gasteiger partial charge on any atom is 0.259 e. The second kappa shape index (κ2) is 6.47. The zero-order valence-electron chi connectivity index (χ0n) is 10.7. The molecule has 0 saturated heterocycles. The maximum atomic E-state index is 5.22. The van der Waals surface area contributed by atoms with Gasteiger partial charge in [-0.15, -0.1) is 12.4 Å². The fraction of sp³-hybridized carbons (Fsp3) is 0.417. The van der Waals surface area contributed by atoms with E-state index in [1.54, 1.807) is 12.4 Å². The molecule has 0 saturated carbocycles. The van der Waals surface area contributed by atoms with Gasteiger partial charge in [0, 0.05) is 24.9 Å². The number of hydrogen-bond acceptors (Lipinski definition) is 5. The van der Waals surface area contributed by atoms with Gasteiger partial charge in [-0.25, -0.2) is 0 Å². The lowest BCUT2D eigenvalue weighted by Gasteiger charge is -2.04. The summed E-state index contributed by atoms with van der Waals surface area (Å²) in [6.45, 7) is 4.06. The third-order valence-corrected chi connectivity index (χ3v) is 2.57. The van der Waals surface area contributed by atoms with Crippen molar-refractivity contribution in [2.75, 3.05) is 7.05 Å². The van der Waals surface area contributed by atoms with E-state index in [0.717, 1.165) is 17.5 Å². The number of aromatic nitrogens is 3. The number of nitrogens with zero attached hydrogens (tertiary/aromatic N) is 3. The molecule has 0 aliphatic carbocycles. The Morgan fingerprint density at radius 3 is 2.83 bits per heavy atom. The van der Waals surface area contributed by atoms with E-state index in [-0.39, 0.29) is 12.4 Å². The Morgan fingerprint density at radius 1 is 1.39 bits per heavy atom. The summed E-state index contributed by atoms with van der Waals surface area (Å²) in [4.78, 5) is 8.46. The molecule has 0 spiro atoms. The third kappa shape index (κ3) is 3.51. The molecule has 1 unspecified atom stereocenters. The lowest BCUT2D eigenvalue weighted by atomic mass is 10.2. The Balaban J connectivity index is 0.00000162. The van der Waals surface area contributed by atoms with Crippen LogP contribution >= 0.6 is 12.4 Å². The molecule has 1 N–H and O–H groups in total. The summed E-state index contributed by atoms with van der Waals surface area (Å²) in [5.74, 6) is 1.24. The summed E-state index contributed by atoms with van der Waals surface area (Å²) in [5.41, 5.74) is 1.94. The van der Waals surface area contributed by atoms with E-state index in [1.165, 1.54) is 0 Å². The summed E-state index contributed by atoms with van der Waals surface area (Å²) in [6, 6.07) is 2.31. The molecule has 0 aromatic carbocycles. The highest BCUT2D eigenvalue weighted by Crippen LogP contribution is 2.17. The van der Waals surface area contributed by atoms with E-state index in [0.29, 0.717) is 17.8 Å². The standard InChI is InChI=1S/C12H16N4O.ClH/c1-8-4-10(7-14-6-8)12-15-11(16-17-12)5-9(2)13-3;/h4,6-7,9,13H,5H2,1-3H3;1H. The number of aryl methyl sites for hydroxylation is 1. The summed E-state index contributed by atoms with van der Waals surface area (Å²) >= 11 is 0. The molecule has 18 heavy (non-hydrogen) atoms. The van der Waals surface area contributed by atoms with E-state index in [9.17, 15) is 0 Å². The Morgan fingerprint density at radius 2 is 2.17 bits per heavy atom.